The normalized spacial score (nSPS) is 28.9. The molecule has 0 aromatic rings. The lowest BCUT2D eigenvalue weighted by Crippen LogP contribution is -2.57. The van der Waals surface area contributed by atoms with Crippen molar-refractivity contribution in [2.24, 2.45) is 0 Å². The first-order chi connectivity index (χ1) is 13.0. The molecular weight excluding hydrogens is 348 g/mol. The number of urea groups is 1. The minimum absolute atomic E-state index is 0.0429. The summed E-state index contributed by atoms with van der Waals surface area (Å²) in [5, 5.41) is 14.8. The van der Waals surface area contributed by atoms with Crippen LogP contribution in [0.1, 0.15) is 58.3 Å². The lowest BCUT2D eigenvalue weighted by molar-refractivity contribution is -0.139. The molecule has 27 heavy (non-hydrogen) atoms. The maximum atomic E-state index is 12.3. The largest absolute Gasteiger partial charge is 0.480 e. The Hall–Kier alpha value is -1.83. The third-order valence-corrected chi connectivity index (χ3v) is 6.22. The minimum atomic E-state index is -0.820. The van der Waals surface area contributed by atoms with Crippen LogP contribution in [0, 0.1) is 0 Å². The van der Waals surface area contributed by atoms with Crippen molar-refractivity contribution in [3.63, 3.8) is 0 Å². The summed E-state index contributed by atoms with van der Waals surface area (Å²) < 4.78 is 0. The predicted octanol–water partition coefficient (Wildman–Crippen LogP) is 1.16. The Labute approximate surface area is 160 Å². The van der Waals surface area contributed by atoms with Crippen LogP contribution in [0.5, 0.6) is 0 Å². The number of likely N-dealkylation sites (N-methyl/N-ethyl adjacent to an activating group) is 1. The van der Waals surface area contributed by atoms with E-state index in [2.05, 4.69) is 10.6 Å². The van der Waals surface area contributed by atoms with E-state index in [0.29, 0.717) is 25.6 Å². The third kappa shape index (κ3) is 5.12. The van der Waals surface area contributed by atoms with E-state index in [1.807, 2.05) is 16.7 Å². The fourth-order valence-corrected chi connectivity index (χ4v) is 4.66. The van der Waals surface area contributed by atoms with E-state index < -0.39 is 5.97 Å². The molecular formula is C19H32N4O4. The molecule has 0 bridgehead atoms. The number of aliphatic carboxylic acids is 1. The van der Waals surface area contributed by atoms with Crippen molar-refractivity contribution in [3.8, 4) is 0 Å². The standard InChI is InChI=1S/C19H32N4O4/c1-2-22(12-18(25)26)16-8-13(9-16)20-19(27)21-14-10-17(24)23(11-14)15-6-4-3-5-7-15/h13-16H,2-12H2,1H3,(H,25,26)(H2,20,21,27). The zero-order chi connectivity index (χ0) is 19.4. The first kappa shape index (κ1) is 19.9. The second-order valence-corrected chi connectivity index (χ2v) is 8.14. The number of carbonyl (C=O) groups excluding carboxylic acids is 2. The van der Waals surface area contributed by atoms with Gasteiger partial charge < -0.3 is 20.6 Å². The van der Waals surface area contributed by atoms with Crippen LogP contribution in [0.4, 0.5) is 4.79 Å². The van der Waals surface area contributed by atoms with Crippen molar-refractivity contribution < 1.29 is 19.5 Å². The highest BCUT2D eigenvalue weighted by Gasteiger charge is 2.37. The van der Waals surface area contributed by atoms with Gasteiger partial charge in [-0.2, -0.15) is 0 Å². The molecule has 1 saturated heterocycles. The Morgan fingerprint density at radius 3 is 2.44 bits per heavy atom. The smallest absolute Gasteiger partial charge is 0.317 e. The van der Waals surface area contributed by atoms with Gasteiger partial charge in [0.2, 0.25) is 5.91 Å². The van der Waals surface area contributed by atoms with Gasteiger partial charge in [0.25, 0.3) is 0 Å². The average molecular weight is 380 g/mol. The van der Waals surface area contributed by atoms with Gasteiger partial charge in [0, 0.05) is 31.1 Å². The molecule has 3 amide bonds. The number of carbonyl (C=O) groups is 3. The van der Waals surface area contributed by atoms with Crippen LogP contribution in [0.15, 0.2) is 0 Å². The van der Waals surface area contributed by atoms with Crippen molar-refractivity contribution in [1.29, 1.82) is 0 Å². The molecule has 1 atom stereocenters. The average Bonchev–Trinajstić information content (AvgIpc) is 2.96. The van der Waals surface area contributed by atoms with Crippen molar-refractivity contribution in [3.05, 3.63) is 0 Å². The lowest BCUT2D eigenvalue weighted by Gasteiger charge is -2.42. The number of likely N-dealkylation sites (tertiary alicyclic amines) is 1. The van der Waals surface area contributed by atoms with Gasteiger partial charge in [-0.1, -0.05) is 26.2 Å². The summed E-state index contributed by atoms with van der Waals surface area (Å²) in [6, 6.07) is 0.302. The van der Waals surface area contributed by atoms with Gasteiger partial charge in [-0.15, -0.1) is 0 Å². The number of carboxylic acid groups (broad SMARTS) is 1. The van der Waals surface area contributed by atoms with Crippen LogP contribution in [0.2, 0.25) is 0 Å². The zero-order valence-electron chi connectivity index (χ0n) is 16.2. The Morgan fingerprint density at radius 1 is 1.15 bits per heavy atom. The highest BCUT2D eigenvalue weighted by atomic mass is 16.4. The number of amides is 3. The summed E-state index contributed by atoms with van der Waals surface area (Å²) in [7, 11) is 0. The number of nitrogens with one attached hydrogen (secondary N) is 2. The summed E-state index contributed by atoms with van der Waals surface area (Å²) in [5.41, 5.74) is 0. The molecule has 152 valence electrons. The Morgan fingerprint density at radius 2 is 1.81 bits per heavy atom. The van der Waals surface area contributed by atoms with Crippen LogP contribution in [0.25, 0.3) is 0 Å². The van der Waals surface area contributed by atoms with Crippen LogP contribution in [-0.4, -0.2) is 76.6 Å². The summed E-state index contributed by atoms with van der Waals surface area (Å²) in [5.74, 6) is -0.664. The predicted molar refractivity (Wildman–Crippen MR) is 100 cm³/mol. The third-order valence-electron chi connectivity index (χ3n) is 6.22. The van der Waals surface area contributed by atoms with Crippen molar-refractivity contribution in [1.82, 2.24) is 20.4 Å². The second-order valence-electron chi connectivity index (χ2n) is 8.14. The van der Waals surface area contributed by atoms with Gasteiger partial charge >= 0.3 is 12.0 Å². The first-order valence-corrected chi connectivity index (χ1v) is 10.3. The van der Waals surface area contributed by atoms with Gasteiger partial charge in [-0.3, -0.25) is 14.5 Å². The van der Waals surface area contributed by atoms with Gasteiger partial charge in [-0.05, 0) is 32.2 Å². The van der Waals surface area contributed by atoms with E-state index in [1.54, 1.807) is 0 Å². The highest BCUT2D eigenvalue weighted by molar-refractivity contribution is 5.82. The molecule has 8 heteroatoms. The van der Waals surface area contributed by atoms with Crippen molar-refractivity contribution in [2.45, 2.75) is 82.5 Å². The maximum Gasteiger partial charge on any atom is 0.317 e. The minimum Gasteiger partial charge on any atom is -0.480 e. The molecule has 3 fully saturated rings. The van der Waals surface area contributed by atoms with Gasteiger partial charge in [-0.25, -0.2) is 4.79 Å². The molecule has 8 nitrogen and oxygen atoms in total. The highest BCUT2D eigenvalue weighted by Crippen LogP contribution is 2.27. The molecule has 0 radical (unpaired) electrons. The molecule has 0 spiro atoms. The maximum absolute atomic E-state index is 12.3. The van der Waals surface area contributed by atoms with E-state index in [4.69, 9.17) is 5.11 Å². The number of rotatable bonds is 7. The molecule has 2 saturated carbocycles. The monoisotopic (exact) mass is 380 g/mol. The fourth-order valence-electron chi connectivity index (χ4n) is 4.66. The summed E-state index contributed by atoms with van der Waals surface area (Å²) >= 11 is 0. The molecule has 1 aliphatic heterocycles. The molecule has 1 unspecified atom stereocenters. The van der Waals surface area contributed by atoms with Gasteiger partial charge in [0.15, 0.2) is 0 Å². The van der Waals surface area contributed by atoms with Crippen LogP contribution in [-0.2, 0) is 9.59 Å². The molecule has 1 heterocycles. The van der Waals surface area contributed by atoms with Gasteiger partial charge in [0.1, 0.15) is 0 Å². The van der Waals surface area contributed by atoms with Crippen LogP contribution < -0.4 is 10.6 Å². The second kappa shape index (κ2) is 8.91. The zero-order valence-corrected chi connectivity index (χ0v) is 16.2. The van der Waals surface area contributed by atoms with Gasteiger partial charge in [0.05, 0.1) is 12.6 Å². The molecule has 0 aromatic heterocycles. The topological polar surface area (TPSA) is 102 Å². The fraction of sp³-hybridized carbons (Fsp3) is 0.842. The van der Waals surface area contributed by atoms with Crippen molar-refractivity contribution >= 4 is 17.9 Å². The quantitative estimate of drug-likeness (QED) is 0.615. The van der Waals surface area contributed by atoms with Crippen molar-refractivity contribution in [2.75, 3.05) is 19.6 Å². The number of nitrogens with zero attached hydrogens (tertiary/aromatic N) is 2. The molecule has 0 aromatic carbocycles. The summed E-state index contributed by atoms with van der Waals surface area (Å²) in [4.78, 5) is 39.3. The van der Waals surface area contributed by atoms with E-state index >= 15 is 0 Å². The molecule has 3 aliphatic rings. The SMILES string of the molecule is CCN(CC(=O)O)C1CC(NC(=O)NC2CC(=O)N(C3CCCCC3)C2)C1. The Balaban J connectivity index is 1.38. The number of hydrogen-bond acceptors (Lipinski definition) is 4. The van der Waals surface area contributed by atoms with E-state index in [-0.39, 0.29) is 36.6 Å². The van der Waals surface area contributed by atoms with E-state index in [9.17, 15) is 14.4 Å². The van der Waals surface area contributed by atoms with E-state index in [1.165, 1.54) is 19.3 Å². The summed E-state index contributed by atoms with van der Waals surface area (Å²) in [6.07, 6.45) is 7.72. The lowest BCUT2D eigenvalue weighted by atomic mass is 9.85. The molecule has 2 aliphatic carbocycles. The Bertz CT molecular complexity index is 558. The summed E-state index contributed by atoms with van der Waals surface area (Å²) in [6.45, 7) is 3.30. The molecule has 3 rings (SSSR count). The van der Waals surface area contributed by atoms with E-state index in [0.717, 1.165) is 25.7 Å². The van der Waals surface area contributed by atoms with Crippen LogP contribution in [0.3, 0.4) is 0 Å². The number of carboxylic acids is 1. The Kier molecular flexibility index (Phi) is 6.57. The molecule has 3 N–H and O–H groups in total. The van der Waals surface area contributed by atoms with Crippen LogP contribution >= 0.6 is 0 Å². The first-order valence-electron chi connectivity index (χ1n) is 10.3. The number of hydrogen-bond donors (Lipinski definition) is 3.